The van der Waals surface area contributed by atoms with Gasteiger partial charge in [-0.2, -0.15) is 0 Å². The molecule has 0 bridgehead atoms. The van der Waals surface area contributed by atoms with Gasteiger partial charge in [-0.25, -0.2) is 0 Å². The van der Waals surface area contributed by atoms with Crippen LogP contribution >= 0.6 is 0 Å². The van der Waals surface area contributed by atoms with E-state index in [1.807, 2.05) is 0 Å². The second-order valence-corrected chi connectivity index (χ2v) is 4.62. The zero-order valence-electron chi connectivity index (χ0n) is 10.4. The van der Waals surface area contributed by atoms with Crippen LogP contribution in [0.4, 0.5) is 0 Å². The molecule has 0 aromatic heterocycles. The maximum Gasteiger partial charge on any atom is -0.0351 e. The molecule has 0 nitrogen and oxygen atoms in total. The van der Waals surface area contributed by atoms with Crippen molar-refractivity contribution in [1.29, 1.82) is 0 Å². The third kappa shape index (κ3) is 11.7. The molecule has 0 atom stereocenters. The molecule has 0 amide bonds. The summed E-state index contributed by atoms with van der Waals surface area (Å²) in [4.78, 5) is 0. The fraction of sp³-hybridized carbons (Fsp3) is 0.857. The minimum Gasteiger partial charge on any atom is -0.0888 e. The largest absolute Gasteiger partial charge is 0.0888 e. The average molecular weight is 196 g/mol. The molecule has 84 valence electrons. The molecule has 0 aliphatic heterocycles. The maximum atomic E-state index is 2.33. The lowest BCUT2D eigenvalue weighted by Crippen LogP contribution is -1.86. The van der Waals surface area contributed by atoms with Gasteiger partial charge >= 0.3 is 0 Å². The van der Waals surface area contributed by atoms with Crippen LogP contribution in [0, 0.1) is 5.92 Å². The smallest absolute Gasteiger partial charge is 0.0351 e. The van der Waals surface area contributed by atoms with Crippen LogP contribution < -0.4 is 0 Å². The van der Waals surface area contributed by atoms with E-state index in [1.165, 1.54) is 51.4 Å². The first-order valence-corrected chi connectivity index (χ1v) is 6.42. The van der Waals surface area contributed by atoms with Crippen LogP contribution in [0.1, 0.15) is 72.1 Å². The molecule has 0 aliphatic carbocycles. The first kappa shape index (κ1) is 13.7. The predicted molar refractivity (Wildman–Crippen MR) is 66.6 cm³/mol. The van der Waals surface area contributed by atoms with E-state index < -0.39 is 0 Å². The molecule has 0 aromatic carbocycles. The van der Waals surface area contributed by atoms with Crippen molar-refractivity contribution >= 4 is 0 Å². The Morgan fingerprint density at radius 1 is 0.857 bits per heavy atom. The number of hydrogen-bond donors (Lipinski definition) is 0. The first-order chi connectivity index (χ1) is 6.77. The van der Waals surface area contributed by atoms with Gasteiger partial charge in [0.15, 0.2) is 0 Å². The van der Waals surface area contributed by atoms with Crippen LogP contribution in [0.15, 0.2) is 12.2 Å². The molecule has 0 spiro atoms. The quantitative estimate of drug-likeness (QED) is 0.345. The lowest BCUT2D eigenvalue weighted by molar-refractivity contribution is 0.516. The second-order valence-electron chi connectivity index (χ2n) is 4.62. The SMILES string of the molecule is CCC=CCCCCCCCC(C)C. The van der Waals surface area contributed by atoms with E-state index >= 15 is 0 Å². The van der Waals surface area contributed by atoms with Crippen molar-refractivity contribution < 1.29 is 0 Å². The molecule has 14 heavy (non-hydrogen) atoms. The van der Waals surface area contributed by atoms with Gasteiger partial charge in [-0.15, -0.1) is 0 Å². The standard InChI is InChI=1S/C14H28/c1-4-5-6-7-8-9-10-11-12-13-14(2)3/h5-6,14H,4,7-13H2,1-3H3. The van der Waals surface area contributed by atoms with Crippen LogP contribution in [-0.2, 0) is 0 Å². The van der Waals surface area contributed by atoms with Gasteiger partial charge in [-0.3, -0.25) is 0 Å². The van der Waals surface area contributed by atoms with E-state index in [4.69, 9.17) is 0 Å². The average Bonchev–Trinajstić information content (AvgIpc) is 2.15. The molecule has 0 radical (unpaired) electrons. The molecule has 0 aromatic rings. The van der Waals surface area contributed by atoms with Crippen molar-refractivity contribution in [2.75, 3.05) is 0 Å². The van der Waals surface area contributed by atoms with Crippen molar-refractivity contribution in [2.24, 2.45) is 5.92 Å². The van der Waals surface area contributed by atoms with Crippen LogP contribution in [0.5, 0.6) is 0 Å². The van der Waals surface area contributed by atoms with Crippen LogP contribution in [-0.4, -0.2) is 0 Å². The van der Waals surface area contributed by atoms with E-state index in [-0.39, 0.29) is 0 Å². The summed E-state index contributed by atoms with van der Waals surface area (Å²) in [6, 6.07) is 0. The fourth-order valence-electron chi connectivity index (χ4n) is 1.63. The van der Waals surface area contributed by atoms with Gasteiger partial charge in [0.05, 0.1) is 0 Å². The highest BCUT2D eigenvalue weighted by atomic mass is 14.0. The molecule has 0 rings (SSSR count). The highest BCUT2D eigenvalue weighted by molar-refractivity contribution is 4.79. The maximum absolute atomic E-state index is 2.33. The summed E-state index contributed by atoms with van der Waals surface area (Å²) < 4.78 is 0. The molecule has 0 fully saturated rings. The Balaban J connectivity index is 2.95. The Morgan fingerprint density at radius 2 is 1.50 bits per heavy atom. The van der Waals surface area contributed by atoms with Gasteiger partial charge in [0.25, 0.3) is 0 Å². The Kier molecular flexibility index (Phi) is 10.6. The van der Waals surface area contributed by atoms with Crippen molar-refractivity contribution in [3.8, 4) is 0 Å². The monoisotopic (exact) mass is 196 g/mol. The summed E-state index contributed by atoms with van der Waals surface area (Å²) in [7, 11) is 0. The molecule has 0 saturated carbocycles. The minimum atomic E-state index is 0.891. The predicted octanol–water partition coefficient (Wildman–Crippen LogP) is 5.34. The van der Waals surface area contributed by atoms with Crippen molar-refractivity contribution in [1.82, 2.24) is 0 Å². The van der Waals surface area contributed by atoms with Gasteiger partial charge < -0.3 is 0 Å². The van der Waals surface area contributed by atoms with Gasteiger partial charge in [0, 0.05) is 0 Å². The zero-order chi connectivity index (χ0) is 10.6. The topological polar surface area (TPSA) is 0 Å². The van der Waals surface area contributed by atoms with Crippen LogP contribution in [0.2, 0.25) is 0 Å². The van der Waals surface area contributed by atoms with E-state index in [2.05, 4.69) is 32.9 Å². The number of unbranched alkanes of at least 4 members (excludes halogenated alkanes) is 5. The summed E-state index contributed by atoms with van der Waals surface area (Å²) >= 11 is 0. The number of rotatable bonds is 9. The molecule has 0 aliphatic rings. The molecule has 0 unspecified atom stereocenters. The third-order valence-corrected chi connectivity index (χ3v) is 2.55. The van der Waals surface area contributed by atoms with E-state index in [1.54, 1.807) is 0 Å². The number of hydrogen-bond acceptors (Lipinski definition) is 0. The molecule has 0 heteroatoms. The van der Waals surface area contributed by atoms with Gasteiger partial charge in [0.2, 0.25) is 0 Å². The Bertz CT molecular complexity index is 122. The van der Waals surface area contributed by atoms with Gasteiger partial charge in [-0.1, -0.05) is 65.0 Å². The molecular formula is C14H28. The highest BCUT2D eigenvalue weighted by Gasteiger charge is 1.93. The molecule has 0 heterocycles. The summed E-state index contributed by atoms with van der Waals surface area (Å²) in [6.07, 6.45) is 15.6. The van der Waals surface area contributed by atoms with Gasteiger partial charge in [0.1, 0.15) is 0 Å². The second kappa shape index (κ2) is 10.8. The van der Waals surface area contributed by atoms with E-state index in [9.17, 15) is 0 Å². The number of allylic oxidation sites excluding steroid dienone is 2. The highest BCUT2D eigenvalue weighted by Crippen LogP contribution is 2.11. The summed E-state index contributed by atoms with van der Waals surface area (Å²) in [6.45, 7) is 6.83. The van der Waals surface area contributed by atoms with Crippen LogP contribution in [0.25, 0.3) is 0 Å². The van der Waals surface area contributed by atoms with E-state index in [0.717, 1.165) is 5.92 Å². The Hall–Kier alpha value is -0.260. The molecule has 0 saturated heterocycles. The molecule has 0 N–H and O–H groups in total. The Morgan fingerprint density at radius 3 is 2.14 bits per heavy atom. The van der Waals surface area contributed by atoms with Crippen molar-refractivity contribution in [3.05, 3.63) is 12.2 Å². The molecular weight excluding hydrogens is 168 g/mol. The summed E-state index contributed by atoms with van der Waals surface area (Å²) in [5.74, 6) is 0.891. The zero-order valence-corrected chi connectivity index (χ0v) is 10.4. The fourth-order valence-corrected chi connectivity index (χ4v) is 1.63. The lowest BCUT2D eigenvalue weighted by atomic mass is 10.0. The minimum absolute atomic E-state index is 0.891. The van der Waals surface area contributed by atoms with E-state index in [0.29, 0.717) is 0 Å². The van der Waals surface area contributed by atoms with Crippen molar-refractivity contribution in [2.45, 2.75) is 72.1 Å². The lowest BCUT2D eigenvalue weighted by Gasteiger charge is -2.03. The van der Waals surface area contributed by atoms with Gasteiger partial charge in [-0.05, 0) is 25.2 Å². The van der Waals surface area contributed by atoms with Crippen LogP contribution in [0.3, 0.4) is 0 Å². The first-order valence-electron chi connectivity index (χ1n) is 6.42. The normalized spacial score (nSPS) is 11.7. The summed E-state index contributed by atoms with van der Waals surface area (Å²) in [5, 5.41) is 0. The third-order valence-electron chi connectivity index (χ3n) is 2.55. The Labute approximate surface area is 90.8 Å². The summed E-state index contributed by atoms with van der Waals surface area (Å²) in [5.41, 5.74) is 0. The van der Waals surface area contributed by atoms with Crippen molar-refractivity contribution in [3.63, 3.8) is 0 Å².